The number of hydrogen-bond donors (Lipinski definition) is 1. The van der Waals surface area contributed by atoms with E-state index in [-0.39, 0.29) is 0 Å². The molecule has 3 saturated heterocycles. The Bertz CT molecular complexity index is 607. The van der Waals surface area contributed by atoms with Crippen LogP contribution in [0, 0.1) is 11.8 Å². The quantitative estimate of drug-likeness (QED) is 0.848. The topological polar surface area (TPSA) is 56.7 Å². The van der Waals surface area contributed by atoms with E-state index < -0.39 is 5.97 Å². The lowest BCUT2D eigenvalue weighted by Crippen LogP contribution is -2.64. The van der Waals surface area contributed by atoms with Crippen LogP contribution in [0.2, 0.25) is 0 Å². The third-order valence-corrected chi connectivity index (χ3v) is 6.78. The molecular weight excluding hydrogens is 326 g/mol. The Kier molecular flexibility index (Phi) is 5.55. The highest BCUT2D eigenvalue weighted by Gasteiger charge is 2.48. The largest absolute Gasteiger partial charge is 0.481 e. The molecule has 3 fully saturated rings. The van der Waals surface area contributed by atoms with Gasteiger partial charge in [-0.15, -0.1) is 0 Å². The van der Waals surface area contributed by atoms with Gasteiger partial charge >= 0.3 is 5.97 Å². The molecule has 1 aromatic rings. The Hall–Kier alpha value is -1.46. The van der Waals surface area contributed by atoms with E-state index in [0.717, 1.165) is 37.9 Å². The van der Waals surface area contributed by atoms with Gasteiger partial charge in [0.2, 0.25) is 0 Å². The minimum atomic E-state index is -0.666. The maximum Gasteiger partial charge on any atom is 0.303 e. The number of pyridine rings is 1. The number of rotatable bonds is 6. The second-order valence-corrected chi connectivity index (χ2v) is 8.38. The van der Waals surface area contributed by atoms with E-state index in [1.165, 1.54) is 44.3 Å². The van der Waals surface area contributed by atoms with E-state index in [4.69, 9.17) is 5.11 Å². The van der Waals surface area contributed by atoms with Gasteiger partial charge in [0.05, 0.1) is 0 Å². The number of nitrogens with zero attached hydrogens (tertiary/aromatic N) is 3. The van der Waals surface area contributed by atoms with Crippen LogP contribution in [0.4, 0.5) is 0 Å². The summed E-state index contributed by atoms with van der Waals surface area (Å²) >= 11 is 0. The Morgan fingerprint density at radius 2 is 2.12 bits per heavy atom. The lowest BCUT2D eigenvalue weighted by atomic mass is 9.69. The Morgan fingerprint density at radius 3 is 2.88 bits per heavy atom. The van der Waals surface area contributed by atoms with E-state index in [9.17, 15) is 4.79 Å². The summed E-state index contributed by atoms with van der Waals surface area (Å²) in [7, 11) is 0. The average Bonchev–Trinajstić information content (AvgIpc) is 2.65. The van der Waals surface area contributed by atoms with Crippen LogP contribution in [-0.4, -0.2) is 57.6 Å². The van der Waals surface area contributed by atoms with Crippen LogP contribution >= 0.6 is 0 Å². The van der Waals surface area contributed by atoms with Crippen molar-refractivity contribution in [3.63, 3.8) is 0 Å². The van der Waals surface area contributed by atoms with Crippen LogP contribution in [0.15, 0.2) is 24.5 Å². The van der Waals surface area contributed by atoms with Crippen molar-refractivity contribution in [1.82, 2.24) is 14.8 Å². The van der Waals surface area contributed by atoms with Gasteiger partial charge in [0.1, 0.15) is 0 Å². The zero-order valence-corrected chi connectivity index (χ0v) is 15.6. The Morgan fingerprint density at radius 1 is 1.27 bits per heavy atom. The first-order valence-electron chi connectivity index (χ1n) is 10.3. The minimum Gasteiger partial charge on any atom is -0.481 e. The molecule has 0 bridgehead atoms. The highest BCUT2D eigenvalue weighted by Crippen LogP contribution is 2.43. The van der Waals surface area contributed by atoms with Gasteiger partial charge in [0.25, 0.3) is 0 Å². The van der Waals surface area contributed by atoms with Gasteiger partial charge in [0.15, 0.2) is 0 Å². The van der Waals surface area contributed by atoms with Crippen molar-refractivity contribution in [1.29, 1.82) is 0 Å². The molecule has 3 aliphatic rings. The fourth-order valence-corrected chi connectivity index (χ4v) is 5.85. The summed E-state index contributed by atoms with van der Waals surface area (Å²) in [5.41, 5.74) is 1.28. The molecule has 4 atom stereocenters. The first-order valence-corrected chi connectivity index (χ1v) is 10.3. The maximum atomic E-state index is 11.0. The number of aliphatic carboxylic acids is 1. The summed E-state index contributed by atoms with van der Waals surface area (Å²) in [6.07, 6.45) is 11.2. The number of hydrogen-bond acceptors (Lipinski definition) is 4. The first-order chi connectivity index (χ1) is 12.7. The maximum absolute atomic E-state index is 11.0. The summed E-state index contributed by atoms with van der Waals surface area (Å²) in [5, 5.41) is 9.08. The molecular formula is C21H31N3O2. The highest BCUT2D eigenvalue weighted by atomic mass is 16.4. The molecule has 3 aliphatic heterocycles. The molecule has 0 aromatic carbocycles. The third-order valence-electron chi connectivity index (χ3n) is 6.78. The fraction of sp³-hybridized carbons (Fsp3) is 0.714. The zero-order chi connectivity index (χ0) is 17.9. The van der Waals surface area contributed by atoms with E-state index in [0.29, 0.717) is 18.4 Å². The second kappa shape index (κ2) is 8.05. The molecule has 142 valence electrons. The van der Waals surface area contributed by atoms with Gasteiger partial charge in [-0.3, -0.25) is 19.6 Å². The Labute approximate surface area is 156 Å². The molecule has 5 heteroatoms. The fourth-order valence-electron chi connectivity index (χ4n) is 5.85. The number of aromatic nitrogens is 1. The first kappa shape index (κ1) is 17.9. The van der Waals surface area contributed by atoms with Crippen LogP contribution in [0.3, 0.4) is 0 Å². The molecule has 26 heavy (non-hydrogen) atoms. The van der Waals surface area contributed by atoms with Gasteiger partial charge in [-0.2, -0.15) is 0 Å². The van der Waals surface area contributed by atoms with Crippen molar-refractivity contribution in [3.05, 3.63) is 30.1 Å². The summed E-state index contributed by atoms with van der Waals surface area (Å²) in [6.45, 7) is 4.64. The molecule has 4 unspecified atom stereocenters. The smallest absolute Gasteiger partial charge is 0.303 e. The number of carboxylic acids is 1. The van der Waals surface area contributed by atoms with Crippen molar-refractivity contribution in [3.8, 4) is 0 Å². The molecule has 1 N–H and O–H groups in total. The summed E-state index contributed by atoms with van der Waals surface area (Å²) < 4.78 is 0. The van der Waals surface area contributed by atoms with E-state index in [2.05, 4.69) is 20.9 Å². The molecule has 4 heterocycles. The SMILES string of the molecule is O=C(O)CCCC1C2CCCN3CCCC(CN1Cc1cccnc1)C23. The van der Waals surface area contributed by atoms with E-state index in [1.807, 2.05) is 18.5 Å². The minimum absolute atomic E-state index is 0.293. The zero-order valence-electron chi connectivity index (χ0n) is 15.6. The van der Waals surface area contributed by atoms with Gasteiger partial charge in [-0.1, -0.05) is 6.07 Å². The molecule has 5 nitrogen and oxygen atoms in total. The highest BCUT2D eigenvalue weighted by molar-refractivity contribution is 5.66. The molecule has 1 aromatic heterocycles. The van der Waals surface area contributed by atoms with Crippen LogP contribution in [0.25, 0.3) is 0 Å². The molecule has 0 saturated carbocycles. The van der Waals surface area contributed by atoms with Crippen molar-refractivity contribution < 1.29 is 9.90 Å². The molecule has 0 radical (unpaired) electrons. The van der Waals surface area contributed by atoms with Crippen LogP contribution in [0.1, 0.15) is 50.5 Å². The predicted molar refractivity (Wildman–Crippen MR) is 101 cm³/mol. The van der Waals surface area contributed by atoms with Gasteiger partial charge in [-0.25, -0.2) is 0 Å². The lowest BCUT2D eigenvalue weighted by Gasteiger charge is -2.57. The Balaban J connectivity index is 1.54. The van der Waals surface area contributed by atoms with Crippen LogP contribution in [-0.2, 0) is 11.3 Å². The summed E-state index contributed by atoms with van der Waals surface area (Å²) in [6, 6.07) is 5.43. The van der Waals surface area contributed by atoms with E-state index >= 15 is 0 Å². The number of carbonyl (C=O) groups is 1. The lowest BCUT2D eigenvalue weighted by molar-refractivity contribution is -0.137. The van der Waals surface area contributed by atoms with Gasteiger partial charge < -0.3 is 5.11 Å². The van der Waals surface area contributed by atoms with Crippen molar-refractivity contribution >= 4 is 5.97 Å². The number of carboxylic acid groups (broad SMARTS) is 1. The van der Waals surface area contributed by atoms with Crippen molar-refractivity contribution in [2.75, 3.05) is 19.6 Å². The van der Waals surface area contributed by atoms with E-state index in [1.54, 1.807) is 0 Å². The van der Waals surface area contributed by atoms with Gasteiger partial charge in [-0.05, 0) is 75.1 Å². The molecule has 0 spiro atoms. The number of piperidine rings is 3. The molecule has 0 amide bonds. The average molecular weight is 357 g/mol. The monoisotopic (exact) mass is 357 g/mol. The predicted octanol–water partition coefficient (Wildman–Crippen LogP) is 3.01. The standard InChI is InChI=1S/C21H31N3O2/c25-20(26)9-1-8-19-18-7-4-12-23-11-3-6-17(21(18)23)15-24(19)14-16-5-2-10-22-13-16/h2,5,10,13,17-19,21H,1,3-4,6-9,11-12,14-15H2,(H,25,26). The van der Waals surface area contributed by atoms with Crippen molar-refractivity contribution in [2.24, 2.45) is 11.8 Å². The molecule has 4 rings (SSSR count). The van der Waals surface area contributed by atoms with Gasteiger partial charge in [0, 0.05) is 44.0 Å². The van der Waals surface area contributed by atoms with Crippen molar-refractivity contribution in [2.45, 2.75) is 63.6 Å². The van der Waals surface area contributed by atoms with Crippen LogP contribution in [0.5, 0.6) is 0 Å². The molecule has 0 aliphatic carbocycles. The number of likely N-dealkylation sites (tertiary alicyclic amines) is 1. The third kappa shape index (κ3) is 3.79. The normalized spacial score (nSPS) is 32.2. The second-order valence-electron chi connectivity index (χ2n) is 8.38. The van der Waals surface area contributed by atoms with Crippen LogP contribution < -0.4 is 0 Å². The summed E-state index contributed by atoms with van der Waals surface area (Å²) in [5.74, 6) is 0.815. The summed E-state index contributed by atoms with van der Waals surface area (Å²) in [4.78, 5) is 20.7.